The lowest BCUT2D eigenvalue weighted by Crippen LogP contribution is -2.16. The molecule has 0 aromatic carbocycles. The Balaban J connectivity index is 2.18. The zero-order valence-electron chi connectivity index (χ0n) is 7.04. The molecule has 1 aromatic heterocycles. The van der Waals surface area contributed by atoms with Crippen molar-refractivity contribution in [3.8, 4) is 0 Å². The highest BCUT2D eigenvalue weighted by Crippen LogP contribution is 2.31. The lowest BCUT2D eigenvalue weighted by atomic mass is 10.2. The van der Waals surface area contributed by atoms with Crippen LogP contribution in [0.4, 0.5) is 0 Å². The third-order valence-corrected chi connectivity index (χ3v) is 4.46. The van der Waals surface area contributed by atoms with Crippen LogP contribution in [0.3, 0.4) is 0 Å². The molecule has 1 aromatic rings. The summed E-state index contributed by atoms with van der Waals surface area (Å²) in [4.78, 5) is 0. The fraction of sp³-hybridized carbons (Fsp3) is 0.625. The van der Waals surface area contributed by atoms with E-state index in [2.05, 4.69) is 21.0 Å². The summed E-state index contributed by atoms with van der Waals surface area (Å²) in [6.45, 7) is 0. The number of hydrogen-bond acceptors (Lipinski definition) is 2. The molecule has 0 unspecified atom stereocenters. The highest BCUT2D eigenvalue weighted by atomic mass is 79.9. The maximum absolute atomic E-state index is 6.09. The smallest absolute Gasteiger partial charge is 0.141 e. The number of nitrogens with zero attached hydrogens (tertiary/aromatic N) is 2. The van der Waals surface area contributed by atoms with Gasteiger partial charge in [0.15, 0.2) is 0 Å². The first-order valence-corrected chi connectivity index (χ1v) is 6.58. The van der Waals surface area contributed by atoms with E-state index in [9.17, 15) is 0 Å². The average Bonchev–Trinajstić information content (AvgIpc) is 2.49. The number of aromatic nitrogens is 2. The molecule has 0 atom stereocenters. The molecule has 0 N–H and O–H groups in total. The molecule has 0 saturated carbocycles. The Morgan fingerprint density at radius 3 is 2.77 bits per heavy atom. The van der Waals surface area contributed by atoms with E-state index in [0.29, 0.717) is 6.04 Å². The fourth-order valence-corrected chi connectivity index (χ4v) is 3.10. The summed E-state index contributed by atoms with van der Waals surface area (Å²) >= 11 is 11.5. The highest BCUT2D eigenvalue weighted by molar-refractivity contribution is 9.10. The monoisotopic (exact) mass is 280 g/mol. The van der Waals surface area contributed by atoms with Gasteiger partial charge in [0.25, 0.3) is 0 Å². The zero-order valence-corrected chi connectivity index (χ0v) is 10.2. The Hall–Kier alpha value is 0.330. The molecule has 13 heavy (non-hydrogen) atoms. The minimum absolute atomic E-state index is 0.500. The number of rotatable bonds is 1. The highest BCUT2D eigenvalue weighted by Gasteiger charge is 2.19. The second-order valence-corrected chi connectivity index (χ2v) is 5.51. The minimum Gasteiger partial charge on any atom is -0.250 e. The SMILES string of the molecule is Clc1c(Br)cnn1C1CCSCC1. The first-order valence-electron chi connectivity index (χ1n) is 4.25. The van der Waals surface area contributed by atoms with Gasteiger partial charge in [-0.2, -0.15) is 16.9 Å². The van der Waals surface area contributed by atoms with E-state index in [0.717, 1.165) is 9.63 Å². The van der Waals surface area contributed by atoms with E-state index in [1.54, 1.807) is 6.20 Å². The van der Waals surface area contributed by atoms with Crippen molar-refractivity contribution in [3.63, 3.8) is 0 Å². The average molecular weight is 282 g/mol. The molecule has 1 saturated heterocycles. The summed E-state index contributed by atoms with van der Waals surface area (Å²) < 4.78 is 2.83. The molecule has 2 rings (SSSR count). The van der Waals surface area contributed by atoms with Crippen LogP contribution in [0, 0.1) is 0 Å². The maximum atomic E-state index is 6.09. The molecule has 2 nitrogen and oxygen atoms in total. The van der Waals surface area contributed by atoms with E-state index in [4.69, 9.17) is 11.6 Å². The molecule has 1 aliphatic heterocycles. The van der Waals surface area contributed by atoms with Gasteiger partial charge < -0.3 is 0 Å². The predicted molar refractivity (Wildman–Crippen MR) is 60.5 cm³/mol. The predicted octanol–water partition coefficient (Wildman–Crippen LogP) is 3.37. The number of thioether (sulfide) groups is 1. The van der Waals surface area contributed by atoms with Crippen LogP contribution in [0.5, 0.6) is 0 Å². The zero-order chi connectivity index (χ0) is 9.26. The molecule has 5 heteroatoms. The second-order valence-electron chi connectivity index (χ2n) is 3.07. The molecule has 72 valence electrons. The Kier molecular flexibility index (Phi) is 3.22. The summed E-state index contributed by atoms with van der Waals surface area (Å²) in [7, 11) is 0. The van der Waals surface area contributed by atoms with E-state index < -0.39 is 0 Å². The number of hydrogen-bond donors (Lipinski definition) is 0. The Morgan fingerprint density at radius 1 is 1.54 bits per heavy atom. The molecule has 0 spiro atoms. The van der Waals surface area contributed by atoms with Crippen molar-refractivity contribution in [1.82, 2.24) is 9.78 Å². The van der Waals surface area contributed by atoms with Crippen LogP contribution in [0.15, 0.2) is 10.7 Å². The van der Waals surface area contributed by atoms with Gasteiger partial charge in [0, 0.05) is 0 Å². The van der Waals surface area contributed by atoms with Crippen LogP contribution in [-0.4, -0.2) is 21.3 Å². The van der Waals surface area contributed by atoms with E-state index in [1.807, 2.05) is 16.4 Å². The minimum atomic E-state index is 0.500. The summed E-state index contributed by atoms with van der Waals surface area (Å²) in [5, 5.41) is 5.00. The van der Waals surface area contributed by atoms with Crippen molar-refractivity contribution < 1.29 is 0 Å². The van der Waals surface area contributed by atoms with E-state index in [-0.39, 0.29) is 0 Å². The molecule has 0 amide bonds. The molecular formula is C8H10BrClN2S. The molecule has 0 bridgehead atoms. The van der Waals surface area contributed by atoms with Gasteiger partial charge in [0.2, 0.25) is 0 Å². The van der Waals surface area contributed by atoms with Crippen LogP contribution in [0.2, 0.25) is 5.15 Å². The van der Waals surface area contributed by atoms with Crippen molar-refractivity contribution in [1.29, 1.82) is 0 Å². The fourth-order valence-electron chi connectivity index (χ4n) is 1.51. The Bertz CT molecular complexity index is 296. The summed E-state index contributed by atoms with van der Waals surface area (Å²) in [5.74, 6) is 2.44. The molecule has 0 radical (unpaired) electrons. The molecule has 1 aliphatic rings. The van der Waals surface area contributed by atoms with E-state index >= 15 is 0 Å². The van der Waals surface area contributed by atoms with Crippen molar-refractivity contribution in [2.24, 2.45) is 0 Å². The lowest BCUT2D eigenvalue weighted by molar-refractivity contribution is 0.427. The van der Waals surface area contributed by atoms with Gasteiger partial charge in [-0.25, -0.2) is 4.68 Å². The number of halogens is 2. The van der Waals surface area contributed by atoms with E-state index in [1.165, 1.54) is 24.3 Å². The van der Waals surface area contributed by atoms with Crippen LogP contribution in [-0.2, 0) is 0 Å². The van der Waals surface area contributed by atoms with Crippen LogP contribution >= 0.6 is 39.3 Å². The Labute approximate surface area is 95.2 Å². The summed E-state index contributed by atoms with van der Waals surface area (Å²) in [6, 6.07) is 0.500. The van der Waals surface area contributed by atoms with Gasteiger partial charge in [-0.15, -0.1) is 0 Å². The third-order valence-electron chi connectivity index (χ3n) is 2.23. The van der Waals surface area contributed by atoms with Gasteiger partial charge in [-0.1, -0.05) is 11.6 Å². The van der Waals surface area contributed by atoms with Gasteiger partial charge in [-0.05, 0) is 40.3 Å². The van der Waals surface area contributed by atoms with Crippen LogP contribution < -0.4 is 0 Å². The first kappa shape index (κ1) is 9.87. The summed E-state index contributed by atoms with van der Waals surface area (Å²) in [5.41, 5.74) is 0. The lowest BCUT2D eigenvalue weighted by Gasteiger charge is -2.22. The quantitative estimate of drug-likeness (QED) is 0.785. The standard InChI is InChI=1S/C8H10BrClN2S/c9-7-5-11-12(8(7)10)6-1-3-13-4-2-6/h5-6H,1-4H2. The van der Waals surface area contributed by atoms with Crippen molar-refractivity contribution in [2.75, 3.05) is 11.5 Å². The van der Waals surface area contributed by atoms with Gasteiger partial charge in [-0.3, -0.25) is 0 Å². The van der Waals surface area contributed by atoms with Crippen molar-refractivity contribution >= 4 is 39.3 Å². The third kappa shape index (κ3) is 2.05. The topological polar surface area (TPSA) is 17.8 Å². The molecule has 1 fully saturated rings. The second kappa shape index (κ2) is 4.24. The molecular weight excluding hydrogens is 272 g/mol. The van der Waals surface area contributed by atoms with Crippen LogP contribution in [0.1, 0.15) is 18.9 Å². The molecule has 2 heterocycles. The van der Waals surface area contributed by atoms with Gasteiger partial charge >= 0.3 is 0 Å². The largest absolute Gasteiger partial charge is 0.250 e. The van der Waals surface area contributed by atoms with Gasteiger partial charge in [0.05, 0.1) is 16.7 Å². The summed E-state index contributed by atoms with van der Waals surface area (Å²) in [6.07, 6.45) is 4.13. The van der Waals surface area contributed by atoms with Crippen molar-refractivity contribution in [2.45, 2.75) is 18.9 Å². The normalized spacial score (nSPS) is 19.2. The first-order chi connectivity index (χ1) is 6.29. The van der Waals surface area contributed by atoms with Gasteiger partial charge in [0.1, 0.15) is 5.15 Å². The van der Waals surface area contributed by atoms with Crippen molar-refractivity contribution in [3.05, 3.63) is 15.8 Å². The Morgan fingerprint density at radius 2 is 2.23 bits per heavy atom. The maximum Gasteiger partial charge on any atom is 0.141 e. The van der Waals surface area contributed by atoms with Crippen LogP contribution in [0.25, 0.3) is 0 Å². The molecule has 0 aliphatic carbocycles.